The molecule has 122 valence electrons. The number of carbonyl (C=O) groups is 1. The maximum absolute atomic E-state index is 12.1. The first-order valence-corrected chi connectivity index (χ1v) is 7.83. The number of likely N-dealkylation sites (tertiary alicyclic amines) is 1. The number of hydrogen-bond acceptors (Lipinski definition) is 5. The molecule has 0 aliphatic carbocycles. The van der Waals surface area contributed by atoms with Gasteiger partial charge in [-0.3, -0.25) is 0 Å². The third-order valence-electron chi connectivity index (χ3n) is 3.72. The molecule has 1 saturated heterocycles. The molecular weight excluding hydrogens is 280 g/mol. The molecule has 0 saturated carbocycles. The first kappa shape index (κ1) is 16.5. The van der Waals surface area contributed by atoms with Gasteiger partial charge in [-0.2, -0.15) is 0 Å². The Labute approximate surface area is 132 Å². The van der Waals surface area contributed by atoms with Crippen molar-refractivity contribution in [3.05, 3.63) is 12.5 Å². The Kier molecular flexibility index (Phi) is 5.94. The van der Waals surface area contributed by atoms with Gasteiger partial charge in [-0.1, -0.05) is 6.42 Å². The van der Waals surface area contributed by atoms with Crippen LogP contribution in [-0.2, 0) is 0 Å². The van der Waals surface area contributed by atoms with Crippen LogP contribution >= 0.6 is 0 Å². The molecule has 2 amide bonds. The van der Waals surface area contributed by atoms with Gasteiger partial charge in [0.2, 0.25) is 0 Å². The van der Waals surface area contributed by atoms with E-state index in [1.807, 2.05) is 25.9 Å². The van der Waals surface area contributed by atoms with E-state index < -0.39 is 0 Å². The Hall–Kier alpha value is -1.89. The van der Waals surface area contributed by atoms with E-state index in [4.69, 9.17) is 0 Å². The van der Waals surface area contributed by atoms with Gasteiger partial charge in [-0.05, 0) is 32.9 Å². The number of urea groups is 1. The molecule has 0 bridgehead atoms. The fourth-order valence-electron chi connectivity index (χ4n) is 2.72. The Morgan fingerprint density at radius 1 is 1.36 bits per heavy atom. The summed E-state index contributed by atoms with van der Waals surface area (Å²) in [5.41, 5.74) is 0.607. The summed E-state index contributed by atoms with van der Waals surface area (Å²) in [5, 5.41) is 5.80. The number of rotatable bonds is 5. The SMILES string of the molecule is CC(CN1CCCCC1)NC(=O)Nc1cncnc1N(C)C. The van der Waals surface area contributed by atoms with Crippen LogP contribution in [0.4, 0.5) is 16.3 Å². The van der Waals surface area contributed by atoms with E-state index in [9.17, 15) is 4.79 Å². The molecule has 2 N–H and O–H groups in total. The van der Waals surface area contributed by atoms with E-state index in [-0.39, 0.29) is 12.1 Å². The van der Waals surface area contributed by atoms with Crippen molar-refractivity contribution < 1.29 is 4.79 Å². The molecule has 1 aliphatic rings. The summed E-state index contributed by atoms with van der Waals surface area (Å²) >= 11 is 0. The lowest BCUT2D eigenvalue weighted by Crippen LogP contribution is -2.45. The maximum Gasteiger partial charge on any atom is 0.319 e. The van der Waals surface area contributed by atoms with Crippen molar-refractivity contribution in [2.75, 3.05) is 43.9 Å². The van der Waals surface area contributed by atoms with Crippen LogP contribution in [0.25, 0.3) is 0 Å². The number of anilines is 2. The van der Waals surface area contributed by atoms with Crippen molar-refractivity contribution in [1.82, 2.24) is 20.2 Å². The van der Waals surface area contributed by atoms with E-state index >= 15 is 0 Å². The predicted octanol–water partition coefficient (Wildman–Crippen LogP) is 1.54. The second-order valence-electron chi connectivity index (χ2n) is 6.02. The molecule has 7 nitrogen and oxygen atoms in total. The molecule has 22 heavy (non-hydrogen) atoms. The molecule has 2 heterocycles. The van der Waals surface area contributed by atoms with E-state index in [0.29, 0.717) is 11.5 Å². The van der Waals surface area contributed by atoms with Crippen LogP contribution in [0.5, 0.6) is 0 Å². The summed E-state index contributed by atoms with van der Waals surface area (Å²) in [6.07, 6.45) is 6.91. The topological polar surface area (TPSA) is 73.4 Å². The largest absolute Gasteiger partial charge is 0.361 e. The highest BCUT2D eigenvalue weighted by Gasteiger charge is 2.16. The van der Waals surface area contributed by atoms with Crippen LogP contribution in [0.3, 0.4) is 0 Å². The van der Waals surface area contributed by atoms with Gasteiger partial charge in [0.05, 0.1) is 6.20 Å². The number of carbonyl (C=O) groups excluding carboxylic acids is 1. The minimum absolute atomic E-state index is 0.102. The molecule has 0 radical (unpaired) electrons. The summed E-state index contributed by atoms with van der Waals surface area (Å²) in [6, 6.07) is -0.118. The summed E-state index contributed by atoms with van der Waals surface area (Å²) in [4.78, 5) is 24.5. The van der Waals surface area contributed by atoms with Gasteiger partial charge >= 0.3 is 6.03 Å². The maximum atomic E-state index is 12.1. The third kappa shape index (κ3) is 4.84. The molecular formula is C15H26N6O. The van der Waals surface area contributed by atoms with Crippen molar-refractivity contribution in [3.63, 3.8) is 0 Å². The van der Waals surface area contributed by atoms with Gasteiger partial charge in [-0.25, -0.2) is 14.8 Å². The monoisotopic (exact) mass is 306 g/mol. The zero-order valence-corrected chi connectivity index (χ0v) is 13.7. The minimum Gasteiger partial charge on any atom is -0.361 e. The molecule has 1 aromatic rings. The van der Waals surface area contributed by atoms with Gasteiger partial charge in [0.15, 0.2) is 5.82 Å². The molecule has 1 aliphatic heterocycles. The molecule has 1 atom stereocenters. The normalized spacial score (nSPS) is 16.9. The Morgan fingerprint density at radius 3 is 2.77 bits per heavy atom. The number of amides is 2. The number of aromatic nitrogens is 2. The number of piperidine rings is 1. The predicted molar refractivity (Wildman–Crippen MR) is 88.3 cm³/mol. The van der Waals surface area contributed by atoms with E-state index in [1.165, 1.54) is 25.6 Å². The summed E-state index contributed by atoms with van der Waals surface area (Å²) < 4.78 is 0. The highest BCUT2D eigenvalue weighted by Crippen LogP contribution is 2.18. The van der Waals surface area contributed by atoms with E-state index in [1.54, 1.807) is 6.20 Å². The van der Waals surface area contributed by atoms with Gasteiger partial charge in [-0.15, -0.1) is 0 Å². The van der Waals surface area contributed by atoms with Crippen LogP contribution in [0.2, 0.25) is 0 Å². The average Bonchev–Trinajstić information content (AvgIpc) is 2.48. The van der Waals surface area contributed by atoms with Gasteiger partial charge in [0.25, 0.3) is 0 Å². The summed E-state index contributed by atoms with van der Waals surface area (Å²) in [5.74, 6) is 0.689. The van der Waals surface area contributed by atoms with Crippen molar-refractivity contribution in [1.29, 1.82) is 0 Å². The van der Waals surface area contributed by atoms with Crippen LogP contribution in [0.1, 0.15) is 26.2 Å². The molecule has 2 rings (SSSR count). The second kappa shape index (κ2) is 7.93. The molecule has 1 unspecified atom stereocenters. The quantitative estimate of drug-likeness (QED) is 0.863. The average molecular weight is 306 g/mol. The third-order valence-corrected chi connectivity index (χ3v) is 3.72. The smallest absolute Gasteiger partial charge is 0.319 e. The van der Waals surface area contributed by atoms with Gasteiger partial charge < -0.3 is 20.4 Å². The van der Waals surface area contributed by atoms with Gasteiger partial charge in [0, 0.05) is 26.7 Å². The van der Waals surface area contributed by atoms with Crippen LogP contribution < -0.4 is 15.5 Å². The summed E-state index contributed by atoms with van der Waals surface area (Å²) in [7, 11) is 3.76. The lowest BCUT2D eigenvalue weighted by molar-refractivity contribution is 0.206. The Morgan fingerprint density at radius 2 is 2.09 bits per heavy atom. The standard InChI is InChI=1S/C15H26N6O/c1-12(10-21-7-5-4-6-8-21)18-15(22)19-13-9-16-11-17-14(13)20(2)3/h9,11-12H,4-8,10H2,1-3H3,(H2,18,19,22). The molecule has 0 aromatic carbocycles. The Bertz CT molecular complexity index is 487. The minimum atomic E-state index is -0.220. The fourth-order valence-corrected chi connectivity index (χ4v) is 2.72. The Balaban J connectivity index is 1.84. The van der Waals surface area contributed by atoms with E-state index in [0.717, 1.165) is 19.6 Å². The number of hydrogen-bond donors (Lipinski definition) is 2. The van der Waals surface area contributed by atoms with Crippen molar-refractivity contribution in [2.24, 2.45) is 0 Å². The first-order valence-electron chi connectivity index (χ1n) is 7.83. The van der Waals surface area contributed by atoms with Crippen molar-refractivity contribution >= 4 is 17.5 Å². The zero-order chi connectivity index (χ0) is 15.9. The zero-order valence-electron chi connectivity index (χ0n) is 13.7. The fraction of sp³-hybridized carbons (Fsp3) is 0.667. The number of nitrogens with one attached hydrogen (secondary N) is 2. The number of nitrogens with zero attached hydrogens (tertiary/aromatic N) is 4. The highest BCUT2D eigenvalue weighted by atomic mass is 16.2. The van der Waals surface area contributed by atoms with Crippen LogP contribution in [0, 0.1) is 0 Å². The molecule has 7 heteroatoms. The van der Waals surface area contributed by atoms with Crippen molar-refractivity contribution in [3.8, 4) is 0 Å². The van der Waals surface area contributed by atoms with Gasteiger partial charge in [0.1, 0.15) is 12.0 Å². The second-order valence-corrected chi connectivity index (χ2v) is 6.02. The van der Waals surface area contributed by atoms with Crippen LogP contribution in [0.15, 0.2) is 12.5 Å². The molecule has 0 spiro atoms. The molecule has 1 fully saturated rings. The van der Waals surface area contributed by atoms with Crippen LogP contribution in [-0.4, -0.2) is 60.7 Å². The highest BCUT2D eigenvalue weighted by molar-refractivity contribution is 5.92. The lowest BCUT2D eigenvalue weighted by Gasteiger charge is -2.29. The first-order chi connectivity index (χ1) is 10.6. The van der Waals surface area contributed by atoms with E-state index in [2.05, 4.69) is 25.5 Å². The lowest BCUT2D eigenvalue weighted by atomic mass is 10.1. The van der Waals surface area contributed by atoms with Crippen molar-refractivity contribution in [2.45, 2.75) is 32.2 Å². The summed E-state index contributed by atoms with van der Waals surface area (Å²) in [6.45, 7) is 5.18. The molecule has 1 aromatic heterocycles.